The second kappa shape index (κ2) is 7.97. The van der Waals surface area contributed by atoms with Crippen LogP contribution in [0, 0.1) is 12.7 Å². The van der Waals surface area contributed by atoms with Gasteiger partial charge in [-0.2, -0.15) is 10.1 Å². The fraction of sp³-hybridized carbons (Fsp3) is 0.300. The lowest BCUT2D eigenvalue weighted by Crippen LogP contribution is -2.30. The molecule has 1 aromatic carbocycles. The molecule has 2 N–H and O–H groups in total. The number of esters is 1. The molecule has 0 saturated heterocycles. The van der Waals surface area contributed by atoms with E-state index < -0.39 is 17.8 Å². The molecule has 156 valence electrons. The molecule has 1 aliphatic carbocycles. The highest BCUT2D eigenvalue weighted by molar-refractivity contribution is 5.94. The lowest BCUT2D eigenvalue weighted by Gasteiger charge is -2.10. The number of amides is 2. The number of carbonyl (C=O) groups excluding carboxylic acids is 2. The van der Waals surface area contributed by atoms with Gasteiger partial charge in [0.1, 0.15) is 23.4 Å². The van der Waals surface area contributed by atoms with Crippen LogP contribution in [0.3, 0.4) is 0 Å². The molecule has 2 amide bonds. The van der Waals surface area contributed by atoms with Crippen molar-refractivity contribution in [3.63, 3.8) is 0 Å². The predicted octanol–water partition coefficient (Wildman–Crippen LogP) is 3.43. The number of aryl methyl sites for hydroxylation is 1. The Morgan fingerprint density at radius 2 is 2.13 bits per heavy atom. The van der Waals surface area contributed by atoms with E-state index in [9.17, 15) is 14.0 Å². The van der Waals surface area contributed by atoms with Crippen molar-refractivity contribution in [3.8, 4) is 11.6 Å². The number of halogens is 1. The van der Waals surface area contributed by atoms with E-state index in [1.807, 2.05) is 0 Å². The van der Waals surface area contributed by atoms with Gasteiger partial charge in [-0.3, -0.25) is 0 Å². The van der Waals surface area contributed by atoms with Gasteiger partial charge in [0, 0.05) is 18.3 Å². The predicted molar refractivity (Wildman–Crippen MR) is 105 cm³/mol. The lowest BCUT2D eigenvalue weighted by atomic mass is 10.2. The number of hydrogen-bond donors (Lipinski definition) is 2. The molecule has 0 bridgehead atoms. The molecule has 0 unspecified atom stereocenters. The van der Waals surface area contributed by atoms with Crippen molar-refractivity contribution in [2.24, 2.45) is 0 Å². The van der Waals surface area contributed by atoms with Crippen LogP contribution in [0.15, 0.2) is 30.7 Å². The maximum absolute atomic E-state index is 14.4. The average molecular weight is 413 g/mol. The normalized spacial score (nSPS) is 13.2. The molecule has 30 heavy (non-hydrogen) atoms. The third kappa shape index (κ3) is 4.02. The molecule has 10 heteroatoms. The van der Waals surface area contributed by atoms with Crippen LogP contribution < -0.4 is 15.4 Å². The van der Waals surface area contributed by atoms with Gasteiger partial charge < -0.3 is 20.1 Å². The quantitative estimate of drug-likeness (QED) is 0.600. The molecular weight excluding hydrogens is 393 g/mol. The van der Waals surface area contributed by atoms with Gasteiger partial charge in [-0.15, -0.1) is 0 Å². The summed E-state index contributed by atoms with van der Waals surface area (Å²) >= 11 is 0. The van der Waals surface area contributed by atoms with Crippen LogP contribution in [0.2, 0.25) is 0 Å². The summed E-state index contributed by atoms with van der Waals surface area (Å²) in [6.07, 6.45) is 4.68. The second-order valence-electron chi connectivity index (χ2n) is 6.86. The Morgan fingerprint density at radius 3 is 2.83 bits per heavy atom. The Bertz CT molecular complexity index is 1130. The summed E-state index contributed by atoms with van der Waals surface area (Å²) in [4.78, 5) is 28.0. The molecule has 9 nitrogen and oxygen atoms in total. The zero-order valence-electron chi connectivity index (χ0n) is 16.4. The number of benzene rings is 1. The van der Waals surface area contributed by atoms with Crippen LogP contribution >= 0.6 is 0 Å². The minimum atomic E-state index is -0.650. The van der Waals surface area contributed by atoms with E-state index in [-0.39, 0.29) is 30.0 Å². The summed E-state index contributed by atoms with van der Waals surface area (Å²) in [6, 6.07) is 3.79. The van der Waals surface area contributed by atoms with Gasteiger partial charge in [0.05, 0.1) is 17.9 Å². The van der Waals surface area contributed by atoms with Crippen molar-refractivity contribution in [2.75, 3.05) is 11.9 Å². The van der Waals surface area contributed by atoms with Gasteiger partial charge in [-0.05, 0) is 44.4 Å². The topological polar surface area (TPSA) is 107 Å². The molecule has 1 saturated carbocycles. The van der Waals surface area contributed by atoms with E-state index in [1.165, 1.54) is 29.2 Å². The number of urea groups is 1. The number of carbonyl (C=O) groups is 2. The molecule has 0 spiro atoms. The SMILES string of the molecule is CCOC(=O)c1cn2ncnc(Oc3ccc(NC(=O)NC4CC4)c(F)c3)c2c1C. The summed E-state index contributed by atoms with van der Waals surface area (Å²) in [5.41, 5.74) is 1.43. The molecule has 3 aromatic rings. The fourth-order valence-corrected chi connectivity index (χ4v) is 2.96. The van der Waals surface area contributed by atoms with Gasteiger partial charge >= 0.3 is 12.0 Å². The first-order valence-corrected chi connectivity index (χ1v) is 9.51. The molecule has 1 aliphatic rings. The first-order valence-electron chi connectivity index (χ1n) is 9.51. The number of fused-ring (bicyclic) bond motifs is 1. The minimum Gasteiger partial charge on any atom is -0.462 e. The van der Waals surface area contributed by atoms with Gasteiger partial charge in [0.2, 0.25) is 5.88 Å². The van der Waals surface area contributed by atoms with E-state index >= 15 is 0 Å². The van der Waals surface area contributed by atoms with Crippen LogP contribution in [-0.2, 0) is 4.74 Å². The van der Waals surface area contributed by atoms with E-state index in [2.05, 4.69) is 20.7 Å². The molecule has 2 aromatic heterocycles. The summed E-state index contributed by atoms with van der Waals surface area (Å²) in [6.45, 7) is 3.70. The Balaban J connectivity index is 1.57. The molecule has 0 atom stereocenters. The highest BCUT2D eigenvalue weighted by Gasteiger charge is 2.24. The van der Waals surface area contributed by atoms with Crippen molar-refractivity contribution in [2.45, 2.75) is 32.7 Å². The van der Waals surface area contributed by atoms with E-state index in [0.29, 0.717) is 16.6 Å². The van der Waals surface area contributed by atoms with Crippen LogP contribution in [0.5, 0.6) is 11.6 Å². The first kappa shape index (κ1) is 19.6. The van der Waals surface area contributed by atoms with E-state index in [1.54, 1.807) is 13.8 Å². The highest BCUT2D eigenvalue weighted by atomic mass is 19.1. The van der Waals surface area contributed by atoms with Crippen molar-refractivity contribution >= 4 is 23.2 Å². The number of ether oxygens (including phenoxy) is 2. The maximum atomic E-state index is 14.4. The van der Waals surface area contributed by atoms with Gasteiger partial charge in [-0.1, -0.05) is 0 Å². The van der Waals surface area contributed by atoms with E-state index in [0.717, 1.165) is 18.9 Å². The van der Waals surface area contributed by atoms with Gasteiger partial charge in [0.15, 0.2) is 0 Å². The van der Waals surface area contributed by atoms with Crippen LogP contribution in [0.1, 0.15) is 35.7 Å². The van der Waals surface area contributed by atoms with Crippen LogP contribution in [-0.4, -0.2) is 39.2 Å². The minimum absolute atomic E-state index is 0.0387. The fourth-order valence-electron chi connectivity index (χ4n) is 2.96. The molecule has 2 heterocycles. The Hall–Kier alpha value is -3.69. The molecule has 1 fully saturated rings. The van der Waals surface area contributed by atoms with Crippen molar-refractivity contribution in [1.82, 2.24) is 19.9 Å². The second-order valence-corrected chi connectivity index (χ2v) is 6.86. The molecule has 0 aliphatic heterocycles. The number of hydrogen-bond acceptors (Lipinski definition) is 6. The summed E-state index contributed by atoms with van der Waals surface area (Å²) in [7, 11) is 0. The molecular formula is C20H20FN5O4. The van der Waals surface area contributed by atoms with Crippen LogP contribution in [0.25, 0.3) is 5.52 Å². The van der Waals surface area contributed by atoms with E-state index in [4.69, 9.17) is 9.47 Å². The van der Waals surface area contributed by atoms with Crippen molar-refractivity contribution < 1.29 is 23.5 Å². The largest absolute Gasteiger partial charge is 0.462 e. The number of nitrogens with zero attached hydrogens (tertiary/aromatic N) is 3. The van der Waals surface area contributed by atoms with Crippen molar-refractivity contribution in [1.29, 1.82) is 0 Å². The summed E-state index contributed by atoms with van der Waals surface area (Å²) in [5, 5.41) is 9.29. The van der Waals surface area contributed by atoms with Crippen molar-refractivity contribution in [3.05, 3.63) is 47.7 Å². The third-order valence-corrected chi connectivity index (χ3v) is 4.60. The number of nitrogens with one attached hydrogen (secondary N) is 2. The zero-order chi connectivity index (χ0) is 21.3. The smallest absolute Gasteiger partial charge is 0.340 e. The third-order valence-electron chi connectivity index (χ3n) is 4.60. The number of rotatable bonds is 6. The zero-order valence-corrected chi connectivity index (χ0v) is 16.4. The lowest BCUT2D eigenvalue weighted by molar-refractivity contribution is 0.0525. The standard InChI is InChI=1S/C20H20FN5O4/c1-3-29-19(27)14-9-26-17(11(14)2)18(22-10-23-26)30-13-6-7-16(15(21)8-13)25-20(28)24-12-4-5-12/h6-10,12H,3-5H2,1-2H3,(H2,24,25,28). The first-order chi connectivity index (χ1) is 14.5. The maximum Gasteiger partial charge on any atom is 0.340 e. The van der Waals surface area contributed by atoms with Crippen LogP contribution in [0.4, 0.5) is 14.9 Å². The number of anilines is 1. The average Bonchev–Trinajstić information content (AvgIpc) is 3.45. The Morgan fingerprint density at radius 1 is 1.33 bits per heavy atom. The summed E-state index contributed by atoms with van der Waals surface area (Å²) < 4.78 is 26.7. The number of aromatic nitrogens is 3. The monoisotopic (exact) mass is 413 g/mol. The highest BCUT2D eigenvalue weighted by Crippen LogP contribution is 2.30. The summed E-state index contributed by atoms with van der Waals surface area (Å²) in [5.74, 6) is -0.788. The Labute approximate surface area is 171 Å². The molecule has 4 rings (SSSR count). The Kier molecular flexibility index (Phi) is 5.21. The van der Waals surface area contributed by atoms with Gasteiger partial charge in [0.25, 0.3) is 0 Å². The van der Waals surface area contributed by atoms with Gasteiger partial charge in [-0.25, -0.2) is 18.5 Å². The molecule has 0 radical (unpaired) electrons.